The van der Waals surface area contributed by atoms with E-state index in [-0.39, 0.29) is 5.96 Å². The molecule has 4 N–H and O–H groups in total. The van der Waals surface area contributed by atoms with Crippen molar-refractivity contribution in [2.24, 2.45) is 33.7 Å². The molecule has 0 spiro atoms. The molecule has 1 rings (SSSR count). The van der Waals surface area contributed by atoms with E-state index in [0.29, 0.717) is 11.3 Å². The van der Waals surface area contributed by atoms with Crippen molar-refractivity contribution < 1.29 is 0 Å². The average molecular weight is 211 g/mol. The molecule has 88 valence electrons. The number of nitrogens with two attached hydrogens (primary N) is 2. The molecule has 0 unspecified atom stereocenters. The maximum absolute atomic E-state index is 5.33. The van der Waals surface area contributed by atoms with Crippen LogP contribution in [0.3, 0.4) is 0 Å². The fourth-order valence-electron chi connectivity index (χ4n) is 2.45. The molecule has 0 bridgehead atoms. The van der Waals surface area contributed by atoms with Gasteiger partial charge in [-0.15, -0.1) is 0 Å². The molecule has 0 aromatic rings. The Balaban J connectivity index is 2.33. The highest BCUT2D eigenvalue weighted by Crippen LogP contribution is 2.39. The van der Waals surface area contributed by atoms with Gasteiger partial charge in [0.2, 0.25) is 0 Å². The van der Waals surface area contributed by atoms with Crippen LogP contribution in [0.15, 0.2) is 4.99 Å². The summed E-state index contributed by atoms with van der Waals surface area (Å²) < 4.78 is 0. The lowest BCUT2D eigenvalue weighted by Crippen LogP contribution is -2.28. The number of nitrogens with zero attached hydrogens (tertiary/aromatic N) is 1. The second kappa shape index (κ2) is 4.86. The highest BCUT2D eigenvalue weighted by Gasteiger charge is 2.29. The van der Waals surface area contributed by atoms with Gasteiger partial charge < -0.3 is 11.5 Å². The Morgan fingerprint density at radius 1 is 1.13 bits per heavy atom. The highest BCUT2D eigenvalue weighted by molar-refractivity contribution is 5.75. The third kappa shape index (κ3) is 4.10. The number of hydrogen-bond donors (Lipinski definition) is 2. The zero-order valence-electron chi connectivity index (χ0n) is 10.3. The van der Waals surface area contributed by atoms with Crippen molar-refractivity contribution >= 4 is 5.96 Å². The van der Waals surface area contributed by atoms with E-state index in [2.05, 4.69) is 25.8 Å². The van der Waals surface area contributed by atoms with E-state index in [4.69, 9.17) is 11.5 Å². The molecule has 0 atom stereocenters. The van der Waals surface area contributed by atoms with Gasteiger partial charge in [-0.25, -0.2) is 0 Å². The van der Waals surface area contributed by atoms with Gasteiger partial charge in [-0.2, -0.15) is 0 Å². The molecule has 0 saturated heterocycles. The predicted octanol–water partition coefficient (Wildman–Crippen LogP) is 2.11. The Bertz CT molecular complexity index is 216. The minimum absolute atomic E-state index is 0.230. The third-order valence-corrected chi connectivity index (χ3v) is 3.60. The van der Waals surface area contributed by atoms with Crippen molar-refractivity contribution in [1.82, 2.24) is 0 Å². The standard InChI is InChI=1S/C12H25N3/c1-12(2,3)10-6-4-9(5-7-10)8-15-11(13)14/h9-10H,4-8H2,1-3H3,(H4,13,14,15). The van der Waals surface area contributed by atoms with Crippen LogP contribution >= 0.6 is 0 Å². The van der Waals surface area contributed by atoms with Gasteiger partial charge in [-0.3, -0.25) is 4.99 Å². The van der Waals surface area contributed by atoms with Gasteiger partial charge in [0.1, 0.15) is 0 Å². The van der Waals surface area contributed by atoms with Crippen LogP contribution in [0.1, 0.15) is 46.5 Å². The van der Waals surface area contributed by atoms with Gasteiger partial charge in [-0.1, -0.05) is 20.8 Å². The summed E-state index contributed by atoms with van der Waals surface area (Å²) in [6.45, 7) is 7.84. The van der Waals surface area contributed by atoms with Crippen molar-refractivity contribution in [2.75, 3.05) is 6.54 Å². The fraction of sp³-hybridized carbons (Fsp3) is 0.917. The lowest BCUT2D eigenvalue weighted by Gasteiger charge is -2.36. The summed E-state index contributed by atoms with van der Waals surface area (Å²) in [5.41, 5.74) is 11.1. The zero-order valence-corrected chi connectivity index (χ0v) is 10.3. The normalized spacial score (nSPS) is 27.4. The smallest absolute Gasteiger partial charge is 0.185 e. The monoisotopic (exact) mass is 211 g/mol. The summed E-state index contributed by atoms with van der Waals surface area (Å²) in [4.78, 5) is 4.11. The molecule has 0 amide bonds. The average Bonchev–Trinajstić information content (AvgIpc) is 2.14. The van der Waals surface area contributed by atoms with E-state index in [1.54, 1.807) is 0 Å². The summed E-state index contributed by atoms with van der Waals surface area (Å²) >= 11 is 0. The van der Waals surface area contributed by atoms with Gasteiger partial charge in [0.05, 0.1) is 0 Å². The molecule has 0 radical (unpaired) electrons. The van der Waals surface area contributed by atoms with Crippen molar-refractivity contribution in [2.45, 2.75) is 46.5 Å². The first kappa shape index (κ1) is 12.3. The highest BCUT2D eigenvalue weighted by atomic mass is 15.0. The molecule has 15 heavy (non-hydrogen) atoms. The second-order valence-corrected chi connectivity index (χ2v) is 5.85. The van der Waals surface area contributed by atoms with E-state index in [9.17, 15) is 0 Å². The Morgan fingerprint density at radius 2 is 1.67 bits per heavy atom. The molecular weight excluding hydrogens is 186 g/mol. The fourth-order valence-corrected chi connectivity index (χ4v) is 2.45. The topological polar surface area (TPSA) is 64.4 Å². The number of aliphatic imine (C=N–C) groups is 1. The lowest BCUT2D eigenvalue weighted by atomic mass is 9.70. The Kier molecular flexibility index (Phi) is 4.00. The molecule has 3 nitrogen and oxygen atoms in total. The van der Waals surface area contributed by atoms with Gasteiger partial charge >= 0.3 is 0 Å². The largest absolute Gasteiger partial charge is 0.370 e. The van der Waals surface area contributed by atoms with Crippen molar-refractivity contribution in [3.8, 4) is 0 Å². The van der Waals surface area contributed by atoms with Crippen LogP contribution in [0, 0.1) is 17.3 Å². The van der Waals surface area contributed by atoms with Crippen molar-refractivity contribution in [1.29, 1.82) is 0 Å². The number of hydrogen-bond acceptors (Lipinski definition) is 1. The van der Waals surface area contributed by atoms with Crippen molar-refractivity contribution in [3.63, 3.8) is 0 Å². The molecule has 1 aliphatic rings. The quantitative estimate of drug-likeness (QED) is 0.543. The van der Waals surface area contributed by atoms with E-state index >= 15 is 0 Å². The van der Waals surface area contributed by atoms with E-state index in [0.717, 1.165) is 12.5 Å². The van der Waals surface area contributed by atoms with E-state index < -0.39 is 0 Å². The number of rotatable bonds is 2. The third-order valence-electron chi connectivity index (χ3n) is 3.60. The first-order valence-corrected chi connectivity index (χ1v) is 5.95. The van der Waals surface area contributed by atoms with Crippen LogP contribution in [-0.4, -0.2) is 12.5 Å². The maximum Gasteiger partial charge on any atom is 0.185 e. The molecule has 0 aromatic carbocycles. The summed E-state index contributed by atoms with van der Waals surface area (Å²) in [5, 5.41) is 0. The Morgan fingerprint density at radius 3 is 2.07 bits per heavy atom. The maximum atomic E-state index is 5.33. The molecule has 1 saturated carbocycles. The molecule has 1 fully saturated rings. The van der Waals surface area contributed by atoms with Crippen LogP contribution in [-0.2, 0) is 0 Å². The summed E-state index contributed by atoms with van der Waals surface area (Å²) in [7, 11) is 0. The first-order chi connectivity index (χ1) is 6.89. The first-order valence-electron chi connectivity index (χ1n) is 5.95. The minimum atomic E-state index is 0.230. The SMILES string of the molecule is CC(C)(C)C1CCC(CN=C(N)N)CC1. The minimum Gasteiger partial charge on any atom is -0.370 e. The van der Waals surface area contributed by atoms with Gasteiger partial charge in [-0.05, 0) is 42.9 Å². The Hall–Kier alpha value is -0.730. The Labute approximate surface area is 93.3 Å². The van der Waals surface area contributed by atoms with Crippen LogP contribution < -0.4 is 11.5 Å². The molecule has 1 aliphatic carbocycles. The van der Waals surface area contributed by atoms with Crippen LogP contribution in [0.25, 0.3) is 0 Å². The lowest BCUT2D eigenvalue weighted by molar-refractivity contribution is 0.152. The summed E-state index contributed by atoms with van der Waals surface area (Å²) in [5.74, 6) is 1.80. The summed E-state index contributed by atoms with van der Waals surface area (Å²) in [6, 6.07) is 0. The van der Waals surface area contributed by atoms with Crippen LogP contribution in [0.5, 0.6) is 0 Å². The molecular formula is C12H25N3. The van der Waals surface area contributed by atoms with Gasteiger partial charge in [0, 0.05) is 6.54 Å². The van der Waals surface area contributed by atoms with Crippen LogP contribution in [0.2, 0.25) is 0 Å². The zero-order chi connectivity index (χ0) is 11.5. The second-order valence-electron chi connectivity index (χ2n) is 5.85. The van der Waals surface area contributed by atoms with Crippen LogP contribution in [0.4, 0.5) is 0 Å². The molecule has 0 heterocycles. The predicted molar refractivity (Wildman–Crippen MR) is 65.6 cm³/mol. The van der Waals surface area contributed by atoms with E-state index in [1.807, 2.05) is 0 Å². The molecule has 0 aliphatic heterocycles. The summed E-state index contributed by atoms with van der Waals surface area (Å²) in [6.07, 6.45) is 5.21. The van der Waals surface area contributed by atoms with E-state index in [1.165, 1.54) is 25.7 Å². The molecule has 3 heteroatoms. The van der Waals surface area contributed by atoms with Crippen molar-refractivity contribution in [3.05, 3.63) is 0 Å². The molecule has 0 aromatic heterocycles. The van der Waals surface area contributed by atoms with Gasteiger partial charge in [0.25, 0.3) is 0 Å². The van der Waals surface area contributed by atoms with Gasteiger partial charge in [0.15, 0.2) is 5.96 Å². The number of guanidine groups is 1.